The zero-order valence-electron chi connectivity index (χ0n) is 13.7. The van der Waals surface area contributed by atoms with Crippen LogP contribution in [0.2, 0.25) is 0 Å². The molecule has 9 nitrogen and oxygen atoms in total. The lowest BCUT2D eigenvalue weighted by Gasteiger charge is -2.26. The molecular weight excluding hydrogens is 330 g/mol. The maximum absolute atomic E-state index is 10.9. The van der Waals surface area contributed by atoms with Gasteiger partial charge < -0.3 is 35.5 Å². The predicted octanol–water partition coefficient (Wildman–Crippen LogP) is -0.816. The van der Waals surface area contributed by atoms with E-state index in [0.717, 1.165) is 30.6 Å². The molecule has 1 aliphatic heterocycles. The van der Waals surface area contributed by atoms with Gasteiger partial charge in [-0.25, -0.2) is 9.78 Å². The summed E-state index contributed by atoms with van der Waals surface area (Å²) >= 11 is 0. The summed E-state index contributed by atoms with van der Waals surface area (Å²) in [6.07, 6.45) is 3.02. The van der Waals surface area contributed by atoms with E-state index in [1.165, 1.54) is 0 Å². The number of imidazole rings is 1. The number of aliphatic hydroxyl groups excluding tert-OH is 3. The molecule has 3 rings (SSSR count). The van der Waals surface area contributed by atoms with Gasteiger partial charge in [-0.15, -0.1) is 0 Å². The van der Waals surface area contributed by atoms with Crippen LogP contribution in [0, 0.1) is 0 Å². The Hall–Kier alpha value is -2.04. The first kappa shape index (κ1) is 19.3. The fourth-order valence-electron chi connectivity index (χ4n) is 2.13. The first-order valence-corrected chi connectivity index (χ1v) is 7.83. The van der Waals surface area contributed by atoms with Gasteiger partial charge in [0.1, 0.15) is 0 Å². The normalized spacial score (nSPS) is 16.9. The zero-order valence-corrected chi connectivity index (χ0v) is 13.7. The number of hydrogen-bond donors (Lipinski definition) is 5. The summed E-state index contributed by atoms with van der Waals surface area (Å²) in [5.74, 6) is -0.917. The largest absolute Gasteiger partial charge is 0.478 e. The lowest BCUT2D eigenvalue weighted by Crippen LogP contribution is -2.50. The molecule has 2 aromatic rings. The Morgan fingerprint density at radius 3 is 2.40 bits per heavy atom. The number of ether oxygens (including phenoxy) is 1. The van der Waals surface area contributed by atoms with Crippen LogP contribution in [-0.4, -0.2) is 74.0 Å². The molecule has 138 valence electrons. The average Bonchev–Trinajstić information content (AvgIpc) is 3.00. The highest BCUT2D eigenvalue weighted by atomic mass is 16.5. The molecule has 1 aromatic heterocycles. The monoisotopic (exact) mass is 353 g/mol. The van der Waals surface area contributed by atoms with Crippen LogP contribution in [0.5, 0.6) is 0 Å². The van der Waals surface area contributed by atoms with Crippen LogP contribution in [0.4, 0.5) is 0 Å². The molecule has 9 heteroatoms. The minimum atomic E-state index is -1.21. The third-order valence-corrected chi connectivity index (χ3v) is 4.01. The van der Waals surface area contributed by atoms with Crippen LogP contribution in [0.15, 0.2) is 24.5 Å². The number of nitrogens with two attached hydrogens (primary N) is 1. The second-order valence-electron chi connectivity index (χ2n) is 6.02. The molecular formula is C16H23N3O6. The molecule has 25 heavy (non-hydrogen) atoms. The number of benzene rings is 1. The Morgan fingerprint density at radius 2 is 1.96 bits per heavy atom. The quantitative estimate of drug-likeness (QED) is 0.452. The second-order valence-corrected chi connectivity index (χ2v) is 6.02. The van der Waals surface area contributed by atoms with Gasteiger partial charge in [0.2, 0.25) is 0 Å². The van der Waals surface area contributed by atoms with Gasteiger partial charge in [-0.2, -0.15) is 0 Å². The molecule has 0 radical (unpaired) electrons. The minimum absolute atomic E-state index is 0.237. The number of hydrogen-bond acceptors (Lipinski definition) is 7. The zero-order chi connectivity index (χ0) is 18.4. The van der Waals surface area contributed by atoms with Gasteiger partial charge in [-0.3, -0.25) is 0 Å². The van der Waals surface area contributed by atoms with E-state index in [0.29, 0.717) is 0 Å². The van der Waals surface area contributed by atoms with Crippen molar-refractivity contribution in [3.63, 3.8) is 0 Å². The Morgan fingerprint density at radius 1 is 1.32 bits per heavy atom. The van der Waals surface area contributed by atoms with Crippen LogP contribution >= 0.6 is 0 Å². The molecule has 0 saturated carbocycles. The summed E-state index contributed by atoms with van der Waals surface area (Å²) < 4.78 is 7.32. The van der Waals surface area contributed by atoms with Gasteiger partial charge in [-0.1, -0.05) is 0 Å². The Bertz CT molecular complexity index is 701. The van der Waals surface area contributed by atoms with Gasteiger partial charge in [-0.05, 0) is 24.6 Å². The van der Waals surface area contributed by atoms with Gasteiger partial charge in [0.25, 0.3) is 0 Å². The summed E-state index contributed by atoms with van der Waals surface area (Å²) in [5, 5.41) is 34.0. The molecule has 1 atom stereocenters. The van der Waals surface area contributed by atoms with E-state index in [2.05, 4.69) is 4.98 Å². The highest BCUT2D eigenvalue weighted by molar-refractivity contribution is 5.92. The summed E-state index contributed by atoms with van der Waals surface area (Å²) in [7, 11) is 0. The number of rotatable bonds is 6. The van der Waals surface area contributed by atoms with Crippen molar-refractivity contribution in [2.75, 3.05) is 26.4 Å². The van der Waals surface area contributed by atoms with E-state index < -0.39 is 31.3 Å². The maximum atomic E-state index is 10.9. The summed E-state index contributed by atoms with van der Waals surface area (Å²) in [6.45, 7) is 0.344. The van der Waals surface area contributed by atoms with Crippen LogP contribution in [0.1, 0.15) is 16.8 Å². The van der Waals surface area contributed by atoms with Crippen LogP contribution < -0.4 is 5.73 Å². The first-order valence-electron chi connectivity index (χ1n) is 7.83. The molecule has 0 aliphatic carbocycles. The highest BCUT2D eigenvalue weighted by Crippen LogP contribution is 2.19. The standard InChI is InChI=1S/C12H12N2O3.C4H11NO3/c15-12(16)8-1-2-10-11(5-8)14(7-13-10)6-9-3-4-17-9;5-4(1-6,2-7)3-8/h1-2,5,7,9H,3-4,6H2,(H,15,16);6-8H,1-3,5H2. The fourth-order valence-corrected chi connectivity index (χ4v) is 2.13. The van der Waals surface area contributed by atoms with E-state index in [1.807, 2.05) is 4.57 Å². The van der Waals surface area contributed by atoms with Crippen LogP contribution in [-0.2, 0) is 11.3 Å². The van der Waals surface area contributed by atoms with E-state index in [-0.39, 0.29) is 11.7 Å². The summed E-state index contributed by atoms with van der Waals surface area (Å²) in [6, 6.07) is 4.96. The van der Waals surface area contributed by atoms with Gasteiger partial charge in [0.15, 0.2) is 0 Å². The number of nitrogens with zero attached hydrogens (tertiary/aromatic N) is 2. The van der Waals surface area contributed by atoms with Gasteiger partial charge >= 0.3 is 5.97 Å². The third-order valence-electron chi connectivity index (χ3n) is 4.01. The summed E-state index contributed by atoms with van der Waals surface area (Å²) in [4.78, 5) is 15.2. The molecule has 0 bridgehead atoms. The van der Waals surface area contributed by atoms with Gasteiger partial charge in [0, 0.05) is 6.61 Å². The van der Waals surface area contributed by atoms with E-state index in [9.17, 15) is 4.79 Å². The third kappa shape index (κ3) is 4.74. The van der Waals surface area contributed by atoms with Crippen molar-refractivity contribution in [3.05, 3.63) is 30.1 Å². The molecule has 1 unspecified atom stereocenters. The Kier molecular flexibility index (Phi) is 6.45. The number of fused-ring (bicyclic) bond motifs is 1. The van der Waals surface area contributed by atoms with E-state index >= 15 is 0 Å². The van der Waals surface area contributed by atoms with E-state index in [1.54, 1.807) is 24.5 Å². The molecule has 0 spiro atoms. The molecule has 6 N–H and O–H groups in total. The lowest BCUT2D eigenvalue weighted by molar-refractivity contribution is -0.0586. The lowest BCUT2D eigenvalue weighted by atomic mass is 10.1. The SMILES string of the molecule is NC(CO)(CO)CO.O=C(O)c1ccc2ncn(CC3CCO3)c2c1. The van der Waals surface area contributed by atoms with Crippen molar-refractivity contribution in [1.82, 2.24) is 9.55 Å². The second kappa shape index (κ2) is 8.37. The molecule has 0 amide bonds. The molecule has 1 aromatic carbocycles. The van der Waals surface area contributed by atoms with Crippen molar-refractivity contribution in [2.24, 2.45) is 5.73 Å². The fraction of sp³-hybridized carbons (Fsp3) is 0.500. The Labute approximate surface area is 144 Å². The van der Waals surface area contributed by atoms with E-state index in [4.69, 9.17) is 30.9 Å². The molecule has 2 heterocycles. The molecule has 1 fully saturated rings. The Balaban J connectivity index is 0.000000242. The molecule has 1 saturated heterocycles. The highest BCUT2D eigenvalue weighted by Gasteiger charge is 2.21. The number of carbonyl (C=O) groups is 1. The van der Waals surface area contributed by atoms with Crippen molar-refractivity contribution in [2.45, 2.75) is 24.6 Å². The predicted molar refractivity (Wildman–Crippen MR) is 89.2 cm³/mol. The first-order chi connectivity index (χ1) is 11.9. The summed E-state index contributed by atoms with van der Waals surface area (Å²) in [5.41, 5.74) is 5.89. The maximum Gasteiger partial charge on any atom is 0.335 e. The number of carboxylic acids is 1. The average molecular weight is 353 g/mol. The van der Waals surface area contributed by atoms with Crippen LogP contribution in [0.3, 0.4) is 0 Å². The van der Waals surface area contributed by atoms with Crippen molar-refractivity contribution in [3.8, 4) is 0 Å². The van der Waals surface area contributed by atoms with Crippen molar-refractivity contribution >= 4 is 17.0 Å². The van der Waals surface area contributed by atoms with Gasteiger partial charge in [0.05, 0.1) is 60.9 Å². The molecule has 1 aliphatic rings. The van der Waals surface area contributed by atoms with Crippen molar-refractivity contribution in [1.29, 1.82) is 0 Å². The number of aromatic nitrogens is 2. The number of carboxylic acid groups (broad SMARTS) is 1. The van der Waals surface area contributed by atoms with Crippen molar-refractivity contribution < 1.29 is 30.0 Å². The number of aliphatic hydroxyl groups is 3. The smallest absolute Gasteiger partial charge is 0.335 e. The van der Waals surface area contributed by atoms with Crippen LogP contribution in [0.25, 0.3) is 11.0 Å². The minimum Gasteiger partial charge on any atom is -0.478 e. The number of aromatic carboxylic acids is 1. The topological polar surface area (TPSA) is 151 Å².